The fraction of sp³-hybridized carbons (Fsp3) is 0.870. The van der Waals surface area contributed by atoms with E-state index in [0.29, 0.717) is 32.1 Å². The predicted octanol–water partition coefficient (Wildman–Crippen LogP) is 1.34. The van der Waals surface area contributed by atoms with E-state index in [9.17, 15) is 20.1 Å². The summed E-state index contributed by atoms with van der Waals surface area (Å²) in [5.74, 6) is -0.188. The quantitative estimate of drug-likeness (QED) is 0.400. The molecule has 31 heavy (non-hydrogen) atoms. The molecule has 0 radical (unpaired) electrons. The Labute approximate surface area is 184 Å². The van der Waals surface area contributed by atoms with Gasteiger partial charge in [0.2, 0.25) is 0 Å². The van der Waals surface area contributed by atoms with Crippen LogP contribution in [-0.2, 0) is 23.7 Å². The van der Waals surface area contributed by atoms with E-state index in [4.69, 9.17) is 18.9 Å². The van der Waals surface area contributed by atoms with E-state index in [0.717, 1.165) is 12.0 Å². The summed E-state index contributed by atoms with van der Waals surface area (Å²) in [4.78, 5) is 11.5. The molecule has 3 heterocycles. The van der Waals surface area contributed by atoms with Gasteiger partial charge in [0, 0.05) is 31.8 Å². The fourth-order valence-corrected chi connectivity index (χ4v) is 5.14. The first-order valence-electron chi connectivity index (χ1n) is 11.4. The van der Waals surface area contributed by atoms with Gasteiger partial charge in [-0.2, -0.15) is 0 Å². The summed E-state index contributed by atoms with van der Waals surface area (Å²) in [6.45, 7) is 8.19. The summed E-state index contributed by atoms with van der Waals surface area (Å²) >= 11 is 0. The summed E-state index contributed by atoms with van der Waals surface area (Å²) in [5, 5.41) is 30.5. The first-order chi connectivity index (χ1) is 14.7. The van der Waals surface area contributed by atoms with Crippen molar-refractivity contribution in [1.29, 1.82) is 0 Å². The van der Waals surface area contributed by atoms with Crippen LogP contribution in [0.15, 0.2) is 12.2 Å². The van der Waals surface area contributed by atoms with Gasteiger partial charge in [-0.25, -0.2) is 0 Å². The molecule has 0 aromatic rings. The Morgan fingerprint density at radius 3 is 2.55 bits per heavy atom. The van der Waals surface area contributed by atoms with E-state index in [2.05, 4.69) is 13.5 Å². The van der Waals surface area contributed by atoms with E-state index >= 15 is 0 Å². The Kier molecular flexibility index (Phi) is 8.51. The molecule has 10 atom stereocenters. The van der Waals surface area contributed by atoms with E-state index in [-0.39, 0.29) is 48.8 Å². The maximum atomic E-state index is 11.5. The highest BCUT2D eigenvalue weighted by Gasteiger charge is 2.49. The molecule has 1 unspecified atom stereocenters. The lowest BCUT2D eigenvalue weighted by Gasteiger charge is -2.50. The van der Waals surface area contributed by atoms with Gasteiger partial charge in [-0.1, -0.05) is 20.4 Å². The zero-order valence-electron chi connectivity index (χ0n) is 18.8. The van der Waals surface area contributed by atoms with Crippen LogP contribution in [0, 0.1) is 11.8 Å². The first-order valence-corrected chi connectivity index (χ1v) is 11.4. The molecular formula is C23H38O8. The number of carbonyl (C=O) groups excluding carboxylic acids is 1. The molecule has 3 aliphatic heterocycles. The van der Waals surface area contributed by atoms with Crippen molar-refractivity contribution in [3.63, 3.8) is 0 Å². The summed E-state index contributed by atoms with van der Waals surface area (Å²) < 4.78 is 23.2. The van der Waals surface area contributed by atoms with Gasteiger partial charge in [0.1, 0.15) is 0 Å². The second kappa shape index (κ2) is 10.7. The molecule has 3 saturated heterocycles. The molecule has 178 valence electrons. The van der Waals surface area contributed by atoms with Gasteiger partial charge in [0.25, 0.3) is 0 Å². The zero-order chi connectivity index (χ0) is 22.7. The second-order valence-electron chi connectivity index (χ2n) is 9.33. The molecule has 3 fully saturated rings. The SMILES string of the molecule is C=C1[C@H](C)C[C@H](CCC(=O)OC)O[C@@H]1C[C@@H]1O[C@H]2C[C@@H](O)C(CCO)O[C@H]2[C@H](C)[C@H]1O. The van der Waals surface area contributed by atoms with E-state index < -0.39 is 24.4 Å². The van der Waals surface area contributed by atoms with Crippen LogP contribution >= 0.6 is 0 Å². The lowest BCUT2D eigenvalue weighted by Crippen LogP contribution is -2.60. The van der Waals surface area contributed by atoms with Crippen molar-refractivity contribution >= 4 is 5.97 Å². The molecule has 0 bridgehead atoms. The van der Waals surface area contributed by atoms with Gasteiger partial charge in [-0.3, -0.25) is 4.79 Å². The number of fused-ring (bicyclic) bond motifs is 1. The number of aliphatic hydroxyl groups is 3. The number of hydrogen-bond acceptors (Lipinski definition) is 8. The average Bonchev–Trinajstić information content (AvgIpc) is 2.74. The van der Waals surface area contributed by atoms with Crippen molar-refractivity contribution in [2.45, 2.75) is 101 Å². The van der Waals surface area contributed by atoms with E-state index in [1.165, 1.54) is 7.11 Å². The minimum Gasteiger partial charge on any atom is -0.469 e. The summed E-state index contributed by atoms with van der Waals surface area (Å²) in [5.41, 5.74) is 0.975. The molecule has 0 aromatic carbocycles. The number of ether oxygens (including phenoxy) is 4. The molecule has 8 heteroatoms. The molecule has 0 spiro atoms. The number of esters is 1. The first kappa shape index (κ1) is 24.6. The molecule has 0 aliphatic carbocycles. The standard InChI is InChI=1S/C23H38O8/c1-12-9-15(5-6-21(26)28-4)29-18(13(12)2)11-19-22(27)14(3)23-20(30-19)10-16(25)17(31-23)7-8-24/h12,14-20,22-25,27H,2,5-11H2,1,3-4H3/t12-,14-,15+,16-,17?,18-,19+,20+,22-,23+/m1/s1. The topological polar surface area (TPSA) is 115 Å². The Morgan fingerprint density at radius 1 is 1.13 bits per heavy atom. The van der Waals surface area contributed by atoms with Crippen molar-refractivity contribution in [1.82, 2.24) is 0 Å². The number of aliphatic hydroxyl groups excluding tert-OH is 3. The number of rotatable bonds is 7. The molecular weight excluding hydrogens is 404 g/mol. The molecule has 3 aliphatic rings. The van der Waals surface area contributed by atoms with Crippen LogP contribution in [0.2, 0.25) is 0 Å². The van der Waals surface area contributed by atoms with Crippen LogP contribution < -0.4 is 0 Å². The largest absolute Gasteiger partial charge is 0.469 e. The molecule has 0 aromatic heterocycles. The molecule has 0 saturated carbocycles. The third kappa shape index (κ3) is 5.67. The lowest BCUT2D eigenvalue weighted by atomic mass is 9.79. The van der Waals surface area contributed by atoms with Crippen molar-refractivity contribution in [3.8, 4) is 0 Å². The van der Waals surface area contributed by atoms with Crippen molar-refractivity contribution in [3.05, 3.63) is 12.2 Å². The Morgan fingerprint density at radius 2 is 1.87 bits per heavy atom. The summed E-state index contributed by atoms with van der Waals surface area (Å²) in [7, 11) is 1.38. The second-order valence-corrected chi connectivity index (χ2v) is 9.33. The Bertz CT molecular complexity index is 625. The zero-order valence-corrected chi connectivity index (χ0v) is 18.8. The Balaban J connectivity index is 1.63. The predicted molar refractivity (Wildman–Crippen MR) is 112 cm³/mol. The molecule has 8 nitrogen and oxygen atoms in total. The van der Waals surface area contributed by atoms with Crippen molar-refractivity contribution in [2.75, 3.05) is 13.7 Å². The van der Waals surface area contributed by atoms with Crippen molar-refractivity contribution < 1.29 is 39.1 Å². The fourth-order valence-electron chi connectivity index (χ4n) is 5.14. The van der Waals surface area contributed by atoms with E-state index in [1.807, 2.05) is 6.92 Å². The third-order valence-corrected chi connectivity index (χ3v) is 7.17. The lowest BCUT2D eigenvalue weighted by molar-refractivity contribution is -0.269. The van der Waals surface area contributed by atoms with Crippen LogP contribution in [0.5, 0.6) is 0 Å². The van der Waals surface area contributed by atoms with Crippen molar-refractivity contribution in [2.24, 2.45) is 11.8 Å². The van der Waals surface area contributed by atoms with Gasteiger partial charge in [0.05, 0.1) is 55.9 Å². The molecule has 3 rings (SSSR count). The monoisotopic (exact) mass is 442 g/mol. The maximum Gasteiger partial charge on any atom is 0.305 e. The maximum absolute atomic E-state index is 11.5. The van der Waals surface area contributed by atoms with Crippen LogP contribution in [0.1, 0.15) is 52.4 Å². The van der Waals surface area contributed by atoms with Gasteiger partial charge >= 0.3 is 5.97 Å². The highest BCUT2D eigenvalue weighted by atomic mass is 16.6. The van der Waals surface area contributed by atoms with Gasteiger partial charge in [-0.15, -0.1) is 0 Å². The highest BCUT2D eigenvalue weighted by molar-refractivity contribution is 5.69. The van der Waals surface area contributed by atoms with Gasteiger partial charge < -0.3 is 34.3 Å². The summed E-state index contributed by atoms with van der Waals surface area (Å²) in [6, 6.07) is 0. The van der Waals surface area contributed by atoms with Crippen LogP contribution in [-0.4, -0.2) is 83.8 Å². The smallest absolute Gasteiger partial charge is 0.305 e. The Hall–Kier alpha value is -1.03. The van der Waals surface area contributed by atoms with Gasteiger partial charge in [0.15, 0.2) is 0 Å². The highest BCUT2D eigenvalue weighted by Crippen LogP contribution is 2.40. The minimum absolute atomic E-state index is 0.0595. The van der Waals surface area contributed by atoms with Crippen LogP contribution in [0.3, 0.4) is 0 Å². The van der Waals surface area contributed by atoms with Crippen LogP contribution in [0.4, 0.5) is 0 Å². The number of hydrogen-bond donors (Lipinski definition) is 3. The van der Waals surface area contributed by atoms with Crippen LogP contribution in [0.25, 0.3) is 0 Å². The third-order valence-electron chi connectivity index (χ3n) is 7.17. The summed E-state index contributed by atoms with van der Waals surface area (Å²) in [6.07, 6.45) is -0.432. The average molecular weight is 443 g/mol. The number of methoxy groups -OCH3 is 1. The van der Waals surface area contributed by atoms with E-state index in [1.54, 1.807) is 0 Å². The van der Waals surface area contributed by atoms with Gasteiger partial charge in [-0.05, 0) is 30.8 Å². The molecule has 3 N–H and O–H groups in total. The normalized spacial score (nSPS) is 43.4. The number of carbonyl (C=O) groups is 1. The minimum atomic E-state index is -0.742. The molecule has 0 amide bonds.